The normalized spacial score (nSPS) is 17.7. The fourth-order valence-corrected chi connectivity index (χ4v) is 10.8. The van der Waals surface area contributed by atoms with Crippen molar-refractivity contribution < 1.29 is 32.4 Å². The zero-order valence-corrected chi connectivity index (χ0v) is 38.0. The summed E-state index contributed by atoms with van der Waals surface area (Å²) in [6.45, 7) is 8.01. The van der Waals surface area contributed by atoms with E-state index in [-0.39, 0.29) is 61.0 Å². The summed E-state index contributed by atoms with van der Waals surface area (Å²) in [6, 6.07) is 31.2. The van der Waals surface area contributed by atoms with Crippen LogP contribution in [0.15, 0.2) is 91.3 Å². The van der Waals surface area contributed by atoms with Crippen molar-refractivity contribution in [2.45, 2.75) is 96.1 Å². The molecule has 4 heterocycles. The molecular weight excluding hydrogens is 927 g/mol. The minimum absolute atomic E-state index is 0. The first-order valence-corrected chi connectivity index (χ1v) is 26.7. The molecule has 0 saturated heterocycles. The molecule has 0 N–H and O–H groups in total. The van der Waals surface area contributed by atoms with Crippen LogP contribution in [-0.4, -0.2) is 28.2 Å². The Labute approximate surface area is 361 Å². The van der Waals surface area contributed by atoms with Crippen molar-refractivity contribution in [2.75, 3.05) is 0 Å². The molecule has 1 aliphatic rings. The zero-order valence-electron chi connectivity index (χ0n) is 41.7. The molecule has 8 rings (SSSR count). The number of hydrogen-bond acceptors (Lipinski definition) is 4. The maximum atomic E-state index is 8.56. The number of nitrogens with zero attached hydrogens (tertiary/aromatic N) is 3. The number of fused-ring (bicyclic) bond motifs is 4. The van der Waals surface area contributed by atoms with Gasteiger partial charge in [-0.1, -0.05) is 75.0 Å². The van der Waals surface area contributed by atoms with Gasteiger partial charge in [0.05, 0.1) is 5.69 Å². The molecule has 0 saturated carbocycles. The Bertz CT molecular complexity index is 2810. The molecule has 285 valence electrons. The van der Waals surface area contributed by atoms with Gasteiger partial charge in [-0.2, -0.15) is 11.3 Å². The van der Waals surface area contributed by atoms with Crippen LogP contribution in [0.4, 0.5) is 0 Å². The number of pyridine rings is 3. The summed E-state index contributed by atoms with van der Waals surface area (Å²) in [6.07, 6.45) is -1.23. The fourth-order valence-electron chi connectivity index (χ4n) is 6.65. The van der Waals surface area contributed by atoms with Crippen molar-refractivity contribution in [3.8, 4) is 33.8 Å². The average molecular weight is 990 g/mol. The third kappa shape index (κ3) is 9.23. The van der Waals surface area contributed by atoms with Gasteiger partial charge in [-0.15, -0.1) is 23.3 Å². The van der Waals surface area contributed by atoms with E-state index in [2.05, 4.69) is 84.4 Å². The van der Waals surface area contributed by atoms with Crippen molar-refractivity contribution in [3.63, 3.8) is 0 Å². The van der Waals surface area contributed by atoms with Crippen LogP contribution in [0.5, 0.6) is 0 Å². The quantitative estimate of drug-likeness (QED) is 0.123. The smallest absolute Gasteiger partial charge is 0 e. The molecule has 0 atom stereocenters. The number of rotatable bonds is 6. The van der Waals surface area contributed by atoms with E-state index >= 15 is 0 Å². The summed E-state index contributed by atoms with van der Waals surface area (Å²) < 4.78 is 77.4. The van der Waals surface area contributed by atoms with Crippen molar-refractivity contribution >= 4 is 49.3 Å². The first-order valence-electron chi connectivity index (χ1n) is 23.1. The monoisotopic (exact) mass is 991 g/mol. The van der Waals surface area contributed by atoms with Crippen molar-refractivity contribution in [1.82, 2.24) is 15.0 Å². The molecule has 0 amide bonds. The van der Waals surface area contributed by atoms with Gasteiger partial charge in [0.1, 0.15) is 4.83 Å². The number of benzene rings is 3. The Balaban J connectivity index is 0.000000251. The van der Waals surface area contributed by atoms with Crippen LogP contribution in [0.2, 0.25) is 17.3 Å². The molecule has 6 heteroatoms. The Hall–Kier alpha value is -3.48. The maximum Gasteiger partial charge on any atom is 0 e. The van der Waals surface area contributed by atoms with Crippen LogP contribution in [0.25, 0.3) is 54.1 Å². The van der Waals surface area contributed by atoms with E-state index in [1.807, 2.05) is 62.5 Å². The summed E-state index contributed by atoms with van der Waals surface area (Å²) in [7, 11) is 0. The SMILES string of the molecule is [2H]C([2H])([2H])c1c[c-]c(-c2cc3c(cn2)C([2H])([2H])CCC3([2H])[2H])c2sc3nc(-c4ccc(C(C)(C)C)cc4)ccc3c12.[2H]C([2H])(c1cc(-c2[c-]cccc2)nc[c]1[Ge]([CH3])([CH3])[CH3])C(C)C.[Ir]. The number of aromatic nitrogens is 3. The molecule has 55 heavy (non-hydrogen) atoms. The van der Waals surface area contributed by atoms with Gasteiger partial charge in [0.25, 0.3) is 0 Å². The maximum absolute atomic E-state index is 8.56. The van der Waals surface area contributed by atoms with Crippen LogP contribution >= 0.6 is 11.3 Å². The molecule has 0 bridgehead atoms. The largest absolute Gasteiger partial charge is 0 e. The third-order valence-corrected chi connectivity index (χ3v) is 14.9. The first-order chi connectivity index (χ1) is 29.2. The predicted molar refractivity (Wildman–Crippen MR) is 235 cm³/mol. The molecular formula is C49H53GeIrN3S-2. The topological polar surface area (TPSA) is 38.7 Å². The van der Waals surface area contributed by atoms with Crippen LogP contribution in [0.3, 0.4) is 0 Å². The Morgan fingerprint density at radius 2 is 1.64 bits per heavy atom. The van der Waals surface area contributed by atoms with Crippen molar-refractivity contribution in [1.29, 1.82) is 0 Å². The second-order valence-electron chi connectivity index (χ2n) is 16.2. The molecule has 0 fully saturated rings. The van der Waals surface area contributed by atoms with E-state index < -0.39 is 39.2 Å². The second kappa shape index (κ2) is 16.9. The zero-order chi connectivity index (χ0) is 46.1. The Morgan fingerprint density at radius 3 is 2.31 bits per heavy atom. The molecule has 1 radical (unpaired) electrons. The minimum Gasteiger partial charge on any atom is 0 e. The molecule has 1 aliphatic carbocycles. The van der Waals surface area contributed by atoms with Gasteiger partial charge in [-0.05, 0) is 58.6 Å². The standard InChI is InChI=1S/C31H29N2S.C18H24GeN.Ir/c1-19-9-14-24(27-17-21-7-5-6-8-22(21)18-32-27)29-28(19)25-15-16-26(33-30(25)34-29)20-10-12-23(13-11-20)31(2,3)4;1-14(2)11-16-12-18(15-9-7-6-8-10-15)20-13-17(16)19(3,4)5;/h9-13,15-18H,5-8H2,1-4H3;6-9,12-14H,11H2,1-5H3;/q2*-1;/i1D3,7D2,8D2;11D2;. The van der Waals surface area contributed by atoms with E-state index in [0.29, 0.717) is 26.2 Å². The van der Waals surface area contributed by atoms with Gasteiger partial charge in [-0.25, -0.2) is 4.98 Å². The van der Waals surface area contributed by atoms with Crippen LogP contribution in [0, 0.1) is 24.9 Å². The van der Waals surface area contributed by atoms with E-state index in [1.165, 1.54) is 29.2 Å². The summed E-state index contributed by atoms with van der Waals surface area (Å²) >= 11 is -0.836. The van der Waals surface area contributed by atoms with E-state index in [0.717, 1.165) is 37.9 Å². The summed E-state index contributed by atoms with van der Waals surface area (Å²) in [5, 5.41) is 1.30. The second-order valence-corrected chi connectivity index (χ2v) is 27.7. The van der Waals surface area contributed by atoms with Gasteiger partial charge >= 0.3 is 128 Å². The summed E-state index contributed by atoms with van der Waals surface area (Å²) in [5.74, 6) is 6.77. The van der Waals surface area contributed by atoms with Crippen LogP contribution in [-0.2, 0) is 44.6 Å². The Morgan fingerprint density at radius 1 is 0.891 bits per heavy atom. The molecule has 3 nitrogen and oxygen atoms in total. The third-order valence-electron chi connectivity index (χ3n) is 9.52. The number of hydrogen-bond donors (Lipinski definition) is 0. The van der Waals surface area contributed by atoms with Crippen LogP contribution in [0.1, 0.15) is 87.6 Å². The van der Waals surface area contributed by atoms with Gasteiger partial charge in [0.2, 0.25) is 0 Å². The number of aryl methyl sites for hydroxylation is 3. The van der Waals surface area contributed by atoms with E-state index in [9.17, 15) is 0 Å². The fraction of sp³-hybridized carbons (Fsp3) is 0.327. The van der Waals surface area contributed by atoms with Gasteiger partial charge in [0.15, 0.2) is 0 Å². The van der Waals surface area contributed by atoms with Crippen LogP contribution < -0.4 is 4.40 Å². The van der Waals surface area contributed by atoms with Crippen molar-refractivity contribution in [2.24, 2.45) is 5.92 Å². The molecule has 7 aromatic rings. The van der Waals surface area contributed by atoms with E-state index in [4.69, 9.17) is 17.3 Å². The van der Waals surface area contributed by atoms with Gasteiger partial charge < -0.3 is 4.98 Å². The first kappa shape index (κ1) is 30.6. The molecule has 0 aliphatic heterocycles. The van der Waals surface area contributed by atoms with Crippen molar-refractivity contribution in [3.05, 3.63) is 131 Å². The van der Waals surface area contributed by atoms with Gasteiger partial charge in [-0.3, -0.25) is 0 Å². The predicted octanol–water partition coefficient (Wildman–Crippen LogP) is 12.8. The molecule has 3 aromatic carbocycles. The molecule has 0 unspecified atom stereocenters. The molecule has 4 aromatic heterocycles. The Kier molecular flexibility index (Phi) is 9.44. The summed E-state index contributed by atoms with van der Waals surface area (Å²) in [5.41, 5.74) is 7.23. The summed E-state index contributed by atoms with van der Waals surface area (Å²) in [4.78, 5) is 14.8. The van der Waals surface area contributed by atoms with E-state index in [1.54, 1.807) is 6.07 Å². The minimum atomic E-state index is -2.38. The average Bonchev–Trinajstić information content (AvgIpc) is 3.60. The number of thiophene rings is 1. The molecule has 0 spiro atoms. The van der Waals surface area contributed by atoms with Gasteiger partial charge in [0, 0.05) is 46.8 Å².